The van der Waals surface area contributed by atoms with Crippen LogP contribution >= 0.6 is 11.8 Å². The normalized spacial score (nSPS) is 21.7. The van der Waals surface area contributed by atoms with Gasteiger partial charge in [-0.3, -0.25) is 0 Å². The Morgan fingerprint density at radius 3 is 1.76 bits per heavy atom. The Hall–Kier alpha value is -4.11. The van der Waals surface area contributed by atoms with E-state index in [0.717, 1.165) is 16.2 Å². The summed E-state index contributed by atoms with van der Waals surface area (Å²) in [6.07, 6.45) is -3.28. The van der Waals surface area contributed by atoms with E-state index in [9.17, 15) is 9.59 Å². The minimum absolute atomic E-state index is 0.205. The maximum atomic E-state index is 13.4. The monoisotopic (exact) mass is 584 g/mol. The first-order chi connectivity index (χ1) is 20.5. The van der Waals surface area contributed by atoms with Crippen molar-refractivity contribution in [1.29, 1.82) is 0 Å². The Labute approximate surface area is 249 Å². The van der Waals surface area contributed by atoms with Gasteiger partial charge >= 0.3 is 11.9 Å². The van der Waals surface area contributed by atoms with Gasteiger partial charge in [0.15, 0.2) is 12.2 Å². The fourth-order valence-corrected chi connectivity index (χ4v) is 5.80. The van der Waals surface area contributed by atoms with E-state index in [4.69, 9.17) is 23.7 Å². The van der Waals surface area contributed by atoms with E-state index >= 15 is 0 Å². The Morgan fingerprint density at radius 1 is 0.690 bits per heavy atom. The summed E-state index contributed by atoms with van der Waals surface area (Å²) in [6.45, 7) is 2.02. The van der Waals surface area contributed by atoms with E-state index in [1.54, 1.807) is 55.6 Å². The number of carbonyl (C=O) groups is 2. The van der Waals surface area contributed by atoms with Crippen molar-refractivity contribution in [3.8, 4) is 5.75 Å². The lowest BCUT2D eigenvalue weighted by Crippen LogP contribution is -2.59. The van der Waals surface area contributed by atoms with Crippen molar-refractivity contribution in [3.63, 3.8) is 0 Å². The number of esters is 2. The molecule has 1 saturated heterocycles. The van der Waals surface area contributed by atoms with Gasteiger partial charge in [0.2, 0.25) is 0 Å². The smallest absolute Gasteiger partial charge is 0.338 e. The van der Waals surface area contributed by atoms with Gasteiger partial charge in [0.1, 0.15) is 17.3 Å². The van der Waals surface area contributed by atoms with Crippen molar-refractivity contribution < 1.29 is 33.3 Å². The Morgan fingerprint density at radius 2 is 1.21 bits per heavy atom. The van der Waals surface area contributed by atoms with Crippen LogP contribution in [-0.2, 0) is 25.6 Å². The first-order valence-corrected chi connectivity index (χ1v) is 14.5. The highest BCUT2D eigenvalue weighted by molar-refractivity contribution is 7.99. The maximum Gasteiger partial charge on any atom is 0.338 e. The average Bonchev–Trinajstić information content (AvgIpc) is 3.04. The third kappa shape index (κ3) is 7.39. The minimum Gasteiger partial charge on any atom is -0.497 e. The summed E-state index contributed by atoms with van der Waals surface area (Å²) in [5, 5.41) is 0. The van der Waals surface area contributed by atoms with Crippen LogP contribution in [0.2, 0.25) is 0 Å². The number of hydrogen-bond donors (Lipinski definition) is 0. The van der Waals surface area contributed by atoms with Gasteiger partial charge in [-0.25, -0.2) is 9.59 Å². The predicted molar refractivity (Wildman–Crippen MR) is 159 cm³/mol. The summed E-state index contributed by atoms with van der Waals surface area (Å²) in [7, 11) is 1.61. The van der Waals surface area contributed by atoms with Crippen molar-refractivity contribution in [2.24, 2.45) is 0 Å². The van der Waals surface area contributed by atoms with Crippen molar-refractivity contribution in [3.05, 3.63) is 132 Å². The molecular formula is C34H32O7S. The SMILES string of the molecule is COc1ccc(CO[C@H]2[C@@H](OC(=O)c3ccccc3)[C@@H](OC(=O)c3ccccc3)[C@H](C)O[C@@H]2Sc2ccccc2)cc1. The first kappa shape index (κ1) is 29.4. The van der Waals surface area contributed by atoms with Gasteiger partial charge in [0, 0.05) is 4.90 Å². The van der Waals surface area contributed by atoms with Crippen molar-refractivity contribution in [2.75, 3.05) is 7.11 Å². The van der Waals surface area contributed by atoms with E-state index in [-0.39, 0.29) is 6.61 Å². The molecule has 0 spiro atoms. The Balaban J connectivity index is 1.47. The molecule has 7 nitrogen and oxygen atoms in total. The van der Waals surface area contributed by atoms with Crippen LogP contribution < -0.4 is 4.74 Å². The van der Waals surface area contributed by atoms with E-state index in [1.807, 2.05) is 73.7 Å². The summed E-state index contributed by atoms with van der Waals surface area (Å²) in [5.74, 6) is -0.356. The summed E-state index contributed by atoms with van der Waals surface area (Å²) in [6, 6.07) is 34.7. The molecule has 0 saturated carbocycles. The molecule has 0 amide bonds. The van der Waals surface area contributed by atoms with Crippen LogP contribution in [-0.4, -0.2) is 48.9 Å². The molecule has 5 rings (SSSR count). The molecule has 8 heteroatoms. The van der Waals surface area contributed by atoms with Crippen LogP contribution in [0.4, 0.5) is 0 Å². The van der Waals surface area contributed by atoms with Crippen molar-refractivity contribution >= 4 is 23.7 Å². The van der Waals surface area contributed by atoms with E-state index < -0.39 is 41.8 Å². The third-order valence-corrected chi connectivity index (χ3v) is 7.99. The number of ether oxygens (including phenoxy) is 5. The second-order valence-electron chi connectivity index (χ2n) is 9.74. The zero-order chi connectivity index (χ0) is 29.3. The number of hydrogen-bond acceptors (Lipinski definition) is 8. The molecule has 4 aromatic carbocycles. The Bertz CT molecular complexity index is 1430. The van der Waals surface area contributed by atoms with Gasteiger partial charge in [-0.2, -0.15) is 0 Å². The van der Waals surface area contributed by atoms with Crippen LogP contribution in [0.1, 0.15) is 33.2 Å². The lowest BCUT2D eigenvalue weighted by molar-refractivity contribution is -0.211. The van der Waals surface area contributed by atoms with Gasteiger partial charge in [-0.15, -0.1) is 0 Å². The highest BCUT2D eigenvalue weighted by atomic mass is 32.2. The van der Waals surface area contributed by atoms with Gasteiger partial charge in [0.05, 0.1) is 30.9 Å². The molecule has 5 atom stereocenters. The number of rotatable bonds is 10. The number of carbonyl (C=O) groups excluding carboxylic acids is 2. The molecule has 0 N–H and O–H groups in total. The van der Waals surface area contributed by atoms with E-state index in [1.165, 1.54) is 11.8 Å². The zero-order valence-corrected chi connectivity index (χ0v) is 24.1. The molecule has 4 aromatic rings. The standard InChI is InChI=1S/C34H32O7S/c1-23-29(40-32(35)25-12-6-3-7-13-25)30(41-33(36)26-14-8-4-9-15-26)31(34(39-23)42-28-16-10-5-11-17-28)38-22-24-18-20-27(37-2)21-19-24/h3-21,23,29-31,34H,22H2,1-2H3/t23-,29-,30-,31-,34+/m0/s1. The van der Waals surface area contributed by atoms with Crippen LogP contribution in [0.3, 0.4) is 0 Å². The molecule has 0 radical (unpaired) electrons. The molecule has 0 aromatic heterocycles. The molecule has 0 bridgehead atoms. The maximum absolute atomic E-state index is 13.4. The lowest BCUT2D eigenvalue weighted by Gasteiger charge is -2.44. The number of methoxy groups -OCH3 is 1. The highest BCUT2D eigenvalue weighted by Crippen LogP contribution is 2.38. The number of thioether (sulfide) groups is 1. The van der Waals surface area contributed by atoms with E-state index in [2.05, 4.69) is 0 Å². The third-order valence-electron chi connectivity index (χ3n) is 6.83. The summed E-state index contributed by atoms with van der Waals surface area (Å²) < 4.78 is 30.4. The van der Waals surface area contributed by atoms with Crippen LogP contribution in [0.5, 0.6) is 5.75 Å². The molecule has 1 fully saturated rings. The second-order valence-corrected chi connectivity index (χ2v) is 10.9. The predicted octanol–water partition coefficient (Wildman–Crippen LogP) is 6.57. The van der Waals surface area contributed by atoms with Crippen molar-refractivity contribution in [2.45, 2.75) is 48.3 Å². The van der Waals surface area contributed by atoms with Crippen LogP contribution in [0.25, 0.3) is 0 Å². The molecule has 1 aliphatic heterocycles. The van der Waals surface area contributed by atoms with Gasteiger partial charge < -0.3 is 23.7 Å². The lowest BCUT2D eigenvalue weighted by atomic mass is 9.99. The van der Waals surface area contributed by atoms with Gasteiger partial charge in [0.25, 0.3) is 0 Å². The summed E-state index contributed by atoms with van der Waals surface area (Å²) in [5.41, 5.74) is 1.09. The van der Waals surface area contributed by atoms with Gasteiger partial charge in [-0.05, 0) is 61.0 Å². The quantitative estimate of drug-likeness (QED) is 0.194. The summed E-state index contributed by atoms with van der Waals surface area (Å²) >= 11 is 1.46. The first-order valence-electron chi connectivity index (χ1n) is 13.7. The zero-order valence-electron chi connectivity index (χ0n) is 23.3. The highest BCUT2D eigenvalue weighted by Gasteiger charge is 2.50. The topological polar surface area (TPSA) is 80.3 Å². The van der Waals surface area contributed by atoms with E-state index in [0.29, 0.717) is 11.1 Å². The Kier molecular flexibility index (Phi) is 9.92. The average molecular weight is 585 g/mol. The fraction of sp³-hybridized carbons (Fsp3) is 0.235. The molecule has 1 heterocycles. The molecule has 216 valence electrons. The molecule has 1 aliphatic rings. The minimum atomic E-state index is -0.964. The fourth-order valence-electron chi connectivity index (χ4n) is 4.62. The summed E-state index contributed by atoms with van der Waals surface area (Å²) in [4.78, 5) is 27.6. The molecule has 0 unspecified atom stereocenters. The number of benzene rings is 4. The van der Waals surface area contributed by atoms with Crippen LogP contribution in [0, 0.1) is 0 Å². The second kappa shape index (κ2) is 14.2. The molecule has 42 heavy (non-hydrogen) atoms. The molecular weight excluding hydrogens is 552 g/mol. The van der Waals surface area contributed by atoms with Crippen molar-refractivity contribution in [1.82, 2.24) is 0 Å². The largest absolute Gasteiger partial charge is 0.497 e. The molecule has 0 aliphatic carbocycles. The van der Waals surface area contributed by atoms with Gasteiger partial charge in [-0.1, -0.05) is 78.5 Å². The van der Waals surface area contributed by atoms with Crippen LogP contribution in [0.15, 0.2) is 120 Å².